The van der Waals surface area contributed by atoms with Crippen molar-refractivity contribution in [2.24, 2.45) is 23.7 Å². The molecule has 1 heterocycles. The fourth-order valence-corrected chi connectivity index (χ4v) is 12.0. The minimum absolute atomic E-state index is 0.0281. The van der Waals surface area contributed by atoms with E-state index in [1.807, 2.05) is 48.5 Å². The second-order valence-electron chi connectivity index (χ2n) is 17.1. The van der Waals surface area contributed by atoms with Crippen LogP contribution in [0.3, 0.4) is 0 Å². The van der Waals surface area contributed by atoms with Crippen LogP contribution >= 0.6 is 0 Å². The van der Waals surface area contributed by atoms with Gasteiger partial charge in [-0.1, -0.05) is 133 Å². The maximum atomic E-state index is 9.90. The van der Waals surface area contributed by atoms with Gasteiger partial charge < -0.3 is 0 Å². The van der Waals surface area contributed by atoms with E-state index in [1.165, 1.54) is 76.6 Å². The van der Waals surface area contributed by atoms with Crippen LogP contribution in [-0.4, -0.2) is 15.0 Å². The van der Waals surface area contributed by atoms with E-state index in [4.69, 9.17) is 15.0 Å². The number of fused-ring (bicyclic) bond motifs is 4. The largest absolute Gasteiger partial charge is 0.208 e. The normalized spacial score (nSPS) is 22.2. The summed E-state index contributed by atoms with van der Waals surface area (Å²) in [6, 6.07) is 58.7. The quantitative estimate of drug-likeness (QED) is 0.176. The highest BCUT2D eigenvalue weighted by Crippen LogP contribution is 2.69. The molecule has 4 saturated carbocycles. The highest BCUT2D eigenvalue weighted by molar-refractivity contribution is 6.01. The second-order valence-corrected chi connectivity index (χ2v) is 17.1. The summed E-state index contributed by atoms with van der Waals surface area (Å²) in [5.41, 5.74) is 14.3. The summed E-state index contributed by atoms with van der Waals surface area (Å²) in [7, 11) is 0. The Hall–Kier alpha value is -6.70. The van der Waals surface area contributed by atoms with Crippen molar-refractivity contribution in [1.29, 1.82) is 5.26 Å². The molecule has 4 bridgehead atoms. The molecular formula is C54H40N4. The molecule has 7 aromatic carbocycles. The first-order chi connectivity index (χ1) is 28.6. The van der Waals surface area contributed by atoms with Crippen LogP contribution in [0.5, 0.6) is 0 Å². The van der Waals surface area contributed by atoms with E-state index in [-0.39, 0.29) is 5.41 Å². The van der Waals surface area contributed by atoms with E-state index in [2.05, 4.69) is 115 Å². The minimum atomic E-state index is 0.0281. The number of hydrogen-bond acceptors (Lipinski definition) is 4. The Balaban J connectivity index is 1.00. The van der Waals surface area contributed by atoms with Crippen LogP contribution in [0.25, 0.3) is 78.3 Å². The average Bonchev–Trinajstić information content (AvgIpc) is 3.57. The maximum absolute atomic E-state index is 9.90. The molecule has 0 N–H and O–H groups in total. The Morgan fingerprint density at radius 3 is 1.64 bits per heavy atom. The molecule has 5 aliphatic carbocycles. The van der Waals surface area contributed by atoms with Gasteiger partial charge in [-0.2, -0.15) is 5.26 Å². The Morgan fingerprint density at radius 1 is 0.414 bits per heavy atom. The fourth-order valence-electron chi connectivity index (χ4n) is 12.0. The van der Waals surface area contributed by atoms with Gasteiger partial charge in [-0.05, 0) is 130 Å². The van der Waals surface area contributed by atoms with Crippen molar-refractivity contribution in [3.05, 3.63) is 174 Å². The second kappa shape index (κ2) is 12.9. The number of benzene rings is 7. The molecule has 0 aliphatic heterocycles. The van der Waals surface area contributed by atoms with Gasteiger partial charge in [-0.25, -0.2) is 15.0 Å². The maximum Gasteiger partial charge on any atom is 0.164 e. The molecule has 5 aliphatic rings. The lowest BCUT2D eigenvalue weighted by molar-refractivity contribution is -0.0399. The zero-order valence-electron chi connectivity index (χ0n) is 32.1. The number of rotatable bonds is 5. The average molecular weight is 745 g/mol. The molecule has 8 aromatic rings. The van der Waals surface area contributed by atoms with Gasteiger partial charge in [-0.15, -0.1) is 0 Å². The van der Waals surface area contributed by atoms with Crippen molar-refractivity contribution >= 4 is 10.8 Å². The van der Waals surface area contributed by atoms with Gasteiger partial charge in [0.1, 0.15) is 0 Å². The lowest BCUT2D eigenvalue weighted by Crippen LogP contribution is -2.55. The van der Waals surface area contributed by atoms with Crippen molar-refractivity contribution in [3.8, 4) is 73.6 Å². The number of hydrogen-bond donors (Lipinski definition) is 0. The van der Waals surface area contributed by atoms with E-state index < -0.39 is 0 Å². The van der Waals surface area contributed by atoms with Gasteiger partial charge in [0.2, 0.25) is 0 Å². The van der Waals surface area contributed by atoms with Gasteiger partial charge in [0, 0.05) is 27.5 Å². The molecule has 0 saturated heterocycles. The van der Waals surface area contributed by atoms with Crippen molar-refractivity contribution < 1.29 is 0 Å². The summed E-state index contributed by atoms with van der Waals surface area (Å²) >= 11 is 0. The molecule has 4 heteroatoms. The third-order valence-corrected chi connectivity index (χ3v) is 14.2. The van der Waals surface area contributed by atoms with Gasteiger partial charge >= 0.3 is 0 Å². The third kappa shape index (κ3) is 5.02. The lowest BCUT2D eigenvalue weighted by atomic mass is 9.43. The van der Waals surface area contributed by atoms with Crippen LogP contribution < -0.4 is 0 Å². The smallest absolute Gasteiger partial charge is 0.164 e. The first kappa shape index (κ1) is 33.4. The fraction of sp³-hybridized carbons (Fsp3) is 0.185. The molecule has 276 valence electrons. The van der Waals surface area contributed by atoms with E-state index in [9.17, 15) is 5.26 Å². The van der Waals surface area contributed by atoms with Gasteiger partial charge in [-0.3, -0.25) is 0 Å². The molecule has 58 heavy (non-hydrogen) atoms. The molecule has 13 rings (SSSR count). The van der Waals surface area contributed by atoms with E-state index in [0.717, 1.165) is 44.9 Å². The molecule has 1 aromatic heterocycles. The van der Waals surface area contributed by atoms with E-state index in [0.29, 0.717) is 29.3 Å². The Morgan fingerprint density at radius 2 is 0.966 bits per heavy atom. The highest BCUT2D eigenvalue weighted by Gasteiger charge is 2.61. The first-order valence-corrected chi connectivity index (χ1v) is 20.8. The molecular weight excluding hydrogens is 705 g/mol. The molecule has 4 fully saturated rings. The topological polar surface area (TPSA) is 62.5 Å². The van der Waals surface area contributed by atoms with Crippen LogP contribution in [0.4, 0.5) is 0 Å². The van der Waals surface area contributed by atoms with Crippen LogP contribution in [0, 0.1) is 35.0 Å². The van der Waals surface area contributed by atoms with Crippen molar-refractivity contribution in [1.82, 2.24) is 15.0 Å². The van der Waals surface area contributed by atoms with Crippen molar-refractivity contribution in [2.45, 2.75) is 37.5 Å². The Bertz CT molecular complexity index is 2890. The van der Waals surface area contributed by atoms with Crippen LogP contribution in [0.15, 0.2) is 158 Å². The van der Waals surface area contributed by atoms with Gasteiger partial charge in [0.25, 0.3) is 0 Å². The summed E-state index contributed by atoms with van der Waals surface area (Å²) in [6.07, 6.45) is 6.76. The summed E-state index contributed by atoms with van der Waals surface area (Å²) in [5.74, 6) is 5.06. The molecule has 0 radical (unpaired) electrons. The summed E-state index contributed by atoms with van der Waals surface area (Å²) in [5, 5.41) is 12.0. The molecule has 0 unspecified atom stereocenters. The zero-order valence-corrected chi connectivity index (χ0v) is 32.1. The van der Waals surface area contributed by atoms with Crippen molar-refractivity contribution in [3.63, 3.8) is 0 Å². The Labute approximate surface area is 338 Å². The minimum Gasteiger partial charge on any atom is -0.208 e. The Kier molecular flexibility index (Phi) is 7.45. The zero-order chi connectivity index (χ0) is 38.4. The van der Waals surface area contributed by atoms with Crippen LogP contribution in [0.1, 0.15) is 48.8 Å². The predicted octanol–water partition coefficient (Wildman–Crippen LogP) is 13.0. The standard InChI is InChI=1S/C54H40N4/c55-32-41-19-21-45(46-17-8-7-16-44(41)46)39-20-23-49-48(30-39)47-22-18-38(31-50(47)54(49)42-25-33-24-34(27-42)28-43(54)26-33)37-14-9-15-40(29-37)53-57-51(35-10-3-1-4-11-35)56-52(58-53)36-12-5-2-6-13-36/h1-23,29-31,33-34,42-43H,24-28H2. The van der Waals surface area contributed by atoms with Crippen molar-refractivity contribution in [2.75, 3.05) is 0 Å². The highest BCUT2D eigenvalue weighted by atomic mass is 15.0. The molecule has 0 atom stereocenters. The summed E-state index contributed by atoms with van der Waals surface area (Å²) in [4.78, 5) is 15.1. The summed E-state index contributed by atoms with van der Waals surface area (Å²) < 4.78 is 0. The van der Waals surface area contributed by atoms with Crippen LogP contribution in [0.2, 0.25) is 0 Å². The van der Waals surface area contributed by atoms with Crippen LogP contribution in [-0.2, 0) is 5.41 Å². The number of nitrogens with zero attached hydrogens (tertiary/aromatic N) is 4. The molecule has 1 spiro atoms. The summed E-state index contributed by atoms with van der Waals surface area (Å²) in [6.45, 7) is 0. The van der Waals surface area contributed by atoms with E-state index in [1.54, 1.807) is 0 Å². The monoisotopic (exact) mass is 744 g/mol. The van der Waals surface area contributed by atoms with Gasteiger partial charge in [0.15, 0.2) is 17.5 Å². The lowest BCUT2D eigenvalue weighted by Gasteiger charge is -2.61. The number of nitriles is 1. The predicted molar refractivity (Wildman–Crippen MR) is 232 cm³/mol. The molecule has 0 amide bonds. The SMILES string of the molecule is N#Cc1ccc(-c2ccc3c(c2)-c2ccc(-c4cccc(-c5nc(-c6ccccc6)nc(-c6ccccc6)n5)c4)cc2C32C3CC4CC(C3)CC2C4)c2ccccc12. The van der Waals surface area contributed by atoms with Gasteiger partial charge in [0.05, 0.1) is 11.6 Å². The first-order valence-electron chi connectivity index (χ1n) is 20.8. The number of aromatic nitrogens is 3. The molecule has 4 nitrogen and oxygen atoms in total. The third-order valence-electron chi connectivity index (χ3n) is 14.2. The van der Waals surface area contributed by atoms with E-state index >= 15 is 0 Å².